The van der Waals surface area contributed by atoms with Gasteiger partial charge in [-0.05, 0) is 63.8 Å². The topological polar surface area (TPSA) is 67.4 Å². The summed E-state index contributed by atoms with van der Waals surface area (Å²) in [7, 11) is 5.56. The molecule has 0 bridgehead atoms. The van der Waals surface area contributed by atoms with Crippen molar-refractivity contribution >= 4 is 29.9 Å². The van der Waals surface area contributed by atoms with E-state index < -0.39 is 0 Å². The minimum Gasteiger partial charge on any atom is -0.493 e. The Balaban J connectivity index is 0.00000480. The minimum atomic E-state index is 0. The zero-order valence-corrected chi connectivity index (χ0v) is 21.9. The van der Waals surface area contributed by atoms with Gasteiger partial charge in [0.2, 0.25) is 0 Å². The molecule has 0 atom stereocenters. The molecule has 0 aliphatic heterocycles. The summed E-state index contributed by atoms with van der Waals surface area (Å²) in [6.45, 7) is 7.11. The molecule has 0 unspecified atom stereocenters. The maximum Gasteiger partial charge on any atom is 0.191 e. The molecular formula is C23H41IN4O3. The van der Waals surface area contributed by atoms with Crippen LogP contribution in [0.3, 0.4) is 0 Å². The number of guanidine groups is 1. The van der Waals surface area contributed by atoms with Crippen molar-refractivity contribution in [2.75, 3.05) is 54.1 Å². The number of methoxy groups -OCH3 is 2. The molecule has 1 aromatic carbocycles. The lowest BCUT2D eigenvalue weighted by Crippen LogP contribution is -2.41. The van der Waals surface area contributed by atoms with E-state index in [-0.39, 0.29) is 24.0 Å². The Morgan fingerprint density at radius 3 is 2.58 bits per heavy atom. The number of hydrogen-bond acceptors (Lipinski definition) is 5. The van der Waals surface area contributed by atoms with Gasteiger partial charge >= 0.3 is 0 Å². The maximum atomic E-state index is 6.13. The second-order valence-corrected chi connectivity index (χ2v) is 7.78. The van der Waals surface area contributed by atoms with Crippen molar-refractivity contribution in [2.24, 2.45) is 4.99 Å². The van der Waals surface area contributed by atoms with Crippen LogP contribution in [0.1, 0.15) is 44.6 Å². The van der Waals surface area contributed by atoms with Crippen LogP contribution in [0.2, 0.25) is 0 Å². The highest BCUT2D eigenvalue weighted by atomic mass is 127. The largest absolute Gasteiger partial charge is 0.493 e. The van der Waals surface area contributed by atoms with Gasteiger partial charge in [-0.15, -0.1) is 24.0 Å². The number of likely N-dealkylation sites (N-methyl/N-ethyl adjacent to an activating group) is 1. The molecule has 1 aliphatic carbocycles. The number of benzene rings is 1. The Hall–Kier alpha value is -1.26. The summed E-state index contributed by atoms with van der Waals surface area (Å²) in [5, 5.41) is 6.72. The van der Waals surface area contributed by atoms with Gasteiger partial charge in [-0.2, -0.15) is 0 Å². The van der Waals surface area contributed by atoms with Crippen LogP contribution in [0.15, 0.2) is 23.2 Å². The molecule has 1 saturated carbocycles. The van der Waals surface area contributed by atoms with E-state index in [0.29, 0.717) is 12.6 Å². The van der Waals surface area contributed by atoms with Crippen LogP contribution in [0, 0.1) is 0 Å². The zero-order valence-electron chi connectivity index (χ0n) is 19.6. The van der Waals surface area contributed by atoms with Crippen LogP contribution >= 0.6 is 24.0 Å². The second-order valence-electron chi connectivity index (χ2n) is 7.78. The van der Waals surface area contributed by atoms with Gasteiger partial charge in [0.25, 0.3) is 0 Å². The van der Waals surface area contributed by atoms with Crippen LogP contribution in [0.25, 0.3) is 0 Å². The van der Waals surface area contributed by atoms with Crippen molar-refractivity contribution in [1.29, 1.82) is 0 Å². The zero-order chi connectivity index (χ0) is 21.6. The van der Waals surface area contributed by atoms with Crippen LogP contribution in [0.5, 0.6) is 11.5 Å². The first-order chi connectivity index (χ1) is 14.7. The van der Waals surface area contributed by atoms with Crippen molar-refractivity contribution in [2.45, 2.75) is 51.7 Å². The van der Waals surface area contributed by atoms with Crippen molar-refractivity contribution in [3.63, 3.8) is 0 Å². The number of halogens is 1. The first-order valence-corrected chi connectivity index (χ1v) is 11.2. The Morgan fingerprint density at radius 2 is 1.90 bits per heavy atom. The van der Waals surface area contributed by atoms with Crippen LogP contribution in [-0.4, -0.2) is 71.0 Å². The molecule has 2 rings (SSSR count). The highest BCUT2D eigenvalue weighted by Crippen LogP contribution is 2.32. The Bertz CT molecular complexity index is 639. The fraction of sp³-hybridized carbons (Fsp3) is 0.696. The standard InChI is InChI=1S/C23H40N4O3.HI/c1-5-24-23(25-13-15-27(2)14-8-16-28-3)26-18-19-11-12-21(22(17-19)29-4)30-20-9-6-7-10-20;/h11-12,17,20H,5-10,13-16,18H2,1-4H3,(H2,24,25,26);1H. The van der Waals surface area contributed by atoms with E-state index in [4.69, 9.17) is 19.2 Å². The number of aliphatic imine (C=N–C) groups is 1. The predicted molar refractivity (Wildman–Crippen MR) is 138 cm³/mol. The molecule has 0 spiro atoms. The van der Waals surface area contributed by atoms with Crippen LogP contribution < -0.4 is 20.1 Å². The molecule has 178 valence electrons. The third-order valence-electron chi connectivity index (χ3n) is 5.26. The molecule has 8 heteroatoms. The van der Waals surface area contributed by atoms with Gasteiger partial charge in [-0.25, -0.2) is 4.99 Å². The van der Waals surface area contributed by atoms with Gasteiger partial charge in [0.15, 0.2) is 17.5 Å². The highest BCUT2D eigenvalue weighted by Gasteiger charge is 2.18. The van der Waals surface area contributed by atoms with E-state index in [1.807, 2.05) is 12.1 Å². The lowest BCUT2D eigenvalue weighted by Gasteiger charge is -2.18. The molecule has 31 heavy (non-hydrogen) atoms. The number of hydrogen-bond donors (Lipinski definition) is 2. The van der Waals surface area contributed by atoms with Gasteiger partial charge in [0.05, 0.1) is 19.8 Å². The Morgan fingerprint density at radius 1 is 1.13 bits per heavy atom. The predicted octanol–water partition coefficient (Wildman–Crippen LogP) is 3.66. The van der Waals surface area contributed by atoms with Crippen molar-refractivity contribution < 1.29 is 14.2 Å². The molecule has 0 saturated heterocycles. The Kier molecular flexibility index (Phi) is 14.7. The average molecular weight is 549 g/mol. The molecule has 1 aliphatic rings. The molecule has 2 N–H and O–H groups in total. The molecule has 1 aromatic rings. The van der Waals surface area contributed by atoms with Gasteiger partial charge in [-0.3, -0.25) is 0 Å². The lowest BCUT2D eigenvalue weighted by atomic mass is 10.2. The smallest absolute Gasteiger partial charge is 0.191 e. The minimum absolute atomic E-state index is 0. The number of nitrogens with one attached hydrogen (secondary N) is 2. The van der Waals surface area contributed by atoms with Gasteiger partial charge in [0.1, 0.15) is 0 Å². The van der Waals surface area contributed by atoms with E-state index in [2.05, 4.69) is 35.6 Å². The van der Waals surface area contributed by atoms with Gasteiger partial charge in [-0.1, -0.05) is 6.07 Å². The summed E-state index contributed by atoms with van der Waals surface area (Å²) in [5.74, 6) is 2.44. The molecule has 0 amide bonds. The maximum absolute atomic E-state index is 6.13. The van der Waals surface area contributed by atoms with Crippen molar-refractivity contribution in [3.8, 4) is 11.5 Å². The first-order valence-electron chi connectivity index (χ1n) is 11.2. The molecule has 0 heterocycles. The summed E-state index contributed by atoms with van der Waals surface area (Å²) < 4.78 is 16.8. The number of nitrogens with zero attached hydrogens (tertiary/aromatic N) is 2. The van der Waals surface area contributed by atoms with Gasteiger partial charge in [0, 0.05) is 39.9 Å². The monoisotopic (exact) mass is 548 g/mol. The number of ether oxygens (including phenoxy) is 3. The third kappa shape index (κ3) is 10.7. The molecule has 0 radical (unpaired) electrons. The third-order valence-corrected chi connectivity index (χ3v) is 5.26. The van der Waals surface area contributed by atoms with E-state index in [0.717, 1.165) is 75.1 Å². The highest BCUT2D eigenvalue weighted by molar-refractivity contribution is 14.0. The average Bonchev–Trinajstić information content (AvgIpc) is 3.26. The fourth-order valence-corrected chi connectivity index (χ4v) is 3.56. The van der Waals surface area contributed by atoms with E-state index in [1.165, 1.54) is 12.8 Å². The summed E-state index contributed by atoms with van der Waals surface area (Å²) in [6.07, 6.45) is 6.14. The van der Waals surface area contributed by atoms with Crippen LogP contribution in [-0.2, 0) is 11.3 Å². The van der Waals surface area contributed by atoms with E-state index in [1.54, 1.807) is 14.2 Å². The summed E-state index contributed by atoms with van der Waals surface area (Å²) in [4.78, 5) is 7.02. The second kappa shape index (κ2) is 16.4. The van der Waals surface area contributed by atoms with Crippen LogP contribution in [0.4, 0.5) is 0 Å². The lowest BCUT2D eigenvalue weighted by molar-refractivity contribution is 0.180. The molecule has 1 fully saturated rings. The molecular weight excluding hydrogens is 507 g/mol. The first kappa shape index (κ1) is 27.8. The summed E-state index contributed by atoms with van der Waals surface area (Å²) in [5.41, 5.74) is 1.10. The Labute approximate surface area is 205 Å². The summed E-state index contributed by atoms with van der Waals surface area (Å²) in [6, 6.07) is 6.11. The van der Waals surface area contributed by atoms with E-state index in [9.17, 15) is 0 Å². The summed E-state index contributed by atoms with van der Waals surface area (Å²) >= 11 is 0. The SMILES string of the molecule is CCNC(=NCc1ccc(OC2CCCC2)c(OC)c1)NCCN(C)CCCOC.I. The normalized spacial score (nSPS) is 14.4. The van der Waals surface area contributed by atoms with Crippen molar-refractivity contribution in [1.82, 2.24) is 15.5 Å². The van der Waals surface area contributed by atoms with Gasteiger partial charge < -0.3 is 29.7 Å². The van der Waals surface area contributed by atoms with E-state index >= 15 is 0 Å². The molecule has 7 nitrogen and oxygen atoms in total. The fourth-order valence-electron chi connectivity index (χ4n) is 3.56. The number of rotatable bonds is 13. The molecule has 0 aromatic heterocycles. The quantitative estimate of drug-likeness (QED) is 0.170. The van der Waals surface area contributed by atoms with Crippen molar-refractivity contribution in [3.05, 3.63) is 23.8 Å².